The Balaban J connectivity index is 1.86. The minimum atomic E-state index is -0.178. The van der Waals surface area contributed by atoms with Gasteiger partial charge in [-0.1, -0.05) is 43.3 Å². The van der Waals surface area contributed by atoms with Crippen LogP contribution in [0.2, 0.25) is 0 Å². The molecule has 0 unspecified atom stereocenters. The first-order chi connectivity index (χ1) is 12.1. The maximum atomic E-state index is 12.7. The molecule has 2 aromatic carbocycles. The molecule has 3 rings (SSSR count). The SMILES string of the molecule is CC/C(=C\c1ccccc1)C(=O)Nc1cccc2c1OCC(=O)N2C. The number of carbonyl (C=O) groups is 2. The molecule has 0 fully saturated rings. The zero-order valence-corrected chi connectivity index (χ0v) is 14.3. The number of fused-ring (bicyclic) bond motifs is 1. The van der Waals surface area contributed by atoms with E-state index in [1.54, 1.807) is 25.2 Å². The molecule has 1 N–H and O–H groups in total. The number of likely N-dealkylation sites (N-methyl/N-ethyl adjacent to an activating group) is 1. The van der Waals surface area contributed by atoms with Gasteiger partial charge < -0.3 is 15.0 Å². The number of ether oxygens (including phenoxy) is 1. The molecule has 0 saturated heterocycles. The number of para-hydroxylation sites is 1. The molecule has 2 amide bonds. The van der Waals surface area contributed by atoms with E-state index in [0.29, 0.717) is 29.1 Å². The summed E-state index contributed by atoms with van der Waals surface area (Å²) in [7, 11) is 1.70. The summed E-state index contributed by atoms with van der Waals surface area (Å²) in [6, 6.07) is 15.1. The van der Waals surface area contributed by atoms with Crippen molar-refractivity contribution in [1.29, 1.82) is 0 Å². The summed E-state index contributed by atoms with van der Waals surface area (Å²) < 4.78 is 5.54. The number of hydrogen-bond acceptors (Lipinski definition) is 3. The van der Waals surface area contributed by atoms with E-state index in [0.717, 1.165) is 5.56 Å². The van der Waals surface area contributed by atoms with Crippen molar-refractivity contribution in [2.75, 3.05) is 23.9 Å². The van der Waals surface area contributed by atoms with Crippen molar-refractivity contribution in [3.63, 3.8) is 0 Å². The van der Waals surface area contributed by atoms with Crippen LogP contribution in [-0.2, 0) is 9.59 Å². The van der Waals surface area contributed by atoms with Gasteiger partial charge in [-0.2, -0.15) is 0 Å². The first kappa shape index (κ1) is 16.8. The average Bonchev–Trinajstić information content (AvgIpc) is 2.64. The fourth-order valence-electron chi connectivity index (χ4n) is 2.69. The number of nitrogens with one attached hydrogen (secondary N) is 1. The average molecular weight is 336 g/mol. The molecule has 1 aliphatic heterocycles. The Morgan fingerprint density at radius 2 is 1.96 bits per heavy atom. The molecule has 128 valence electrons. The summed E-state index contributed by atoms with van der Waals surface area (Å²) in [5, 5.41) is 2.91. The highest BCUT2D eigenvalue weighted by atomic mass is 16.5. The minimum Gasteiger partial charge on any atom is -0.479 e. The third-order valence-electron chi connectivity index (χ3n) is 4.13. The summed E-state index contributed by atoms with van der Waals surface area (Å²) in [5.41, 5.74) is 2.86. The molecule has 0 atom stereocenters. The lowest BCUT2D eigenvalue weighted by Gasteiger charge is -2.27. The lowest BCUT2D eigenvalue weighted by Crippen LogP contribution is -2.35. The van der Waals surface area contributed by atoms with Crippen molar-refractivity contribution in [2.24, 2.45) is 0 Å². The van der Waals surface area contributed by atoms with Gasteiger partial charge in [0.2, 0.25) is 0 Å². The summed E-state index contributed by atoms with van der Waals surface area (Å²) in [6.07, 6.45) is 2.48. The van der Waals surface area contributed by atoms with Crippen LogP contribution in [-0.4, -0.2) is 25.5 Å². The molecule has 25 heavy (non-hydrogen) atoms. The van der Waals surface area contributed by atoms with Crippen LogP contribution in [0, 0.1) is 0 Å². The highest BCUT2D eigenvalue weighted by Crippen LogP contribution is 2.38. The molecule has 0 radical (unpaired) electrons. The normalized spacial score (nSPS) is 13.9. The van der Waals surface area contributed by atoms with E-state index in [1.807, 2.05) is 43.3 Å². The molecule has 0 aliphatic carbocycles. The fourth-order valence-corrected chi connectivity index (χ4v) is 2.69. The summed E-state index contributed by atoms with van der Waals surface area (Å²) >= 11 is 0. The zero-order valence-electron chi connectivity index (χ0n) is 14.3. The number of amides is 2. The largest absolute Gasteiger partial charge is 0.479 e. The number of rotatable bonds is 4. The number of nitrogens with zero attached hydrogens (tertiary/aromatic N) is 1. The first-order valence-electron chi connectivity index (χ1n) is 8.19. The second kappa shape index (κ2) is 7.21. The van der Waals surface area contributed by atoms with Gasteiger partial charge in [0.15, 0.2) is 12.4 Å². The van der Waals surface area contributed by atoms with Gasteiger partial charge in [0, 0.05) is 12.6 Å². The quantitative estimate of drug-likeness (QED) is 0.870. The summed E-state index contributed by atoms with van der Waals surface area (Å²) in [6.45, 7) is 1.91. The van der Waals surface area contributed by atoms with E-state index in [9.17, 15) is 9.59 Å². The number of anilines is 2. The van der Waals surface area contributed by atoms with Crippen molar-refractivity contribution in [1.82, 2.24) is 0 Å². The van der Waals surface area contributed by atoms with Gasteiger partial charge in [-0.25, -0.2) is 0 Å². The lowest BCUT2D eigenvalue weighted by molar-refractivity contribution is -0.120. The number of hydrogen-bond donors (Lipinski definition) is 1. The van der Waals surface area contributed by atoms with Crippen molar-refractivity contribution in [3.05, 3.63) is 59.7 Å². The molecular formula is C20H20N2O3. The molecule has 5 heteroatoms. The van der Waals surface area contributed by atoms with Crippen molar-refractivity contribution < 1.29 is 14.3 Å². The molecule has 0 spiro atoms. The molecule has 1 heterocycles. The Morgan fingerprint density at radius 1 is 1.20 bits per heavy atom. The molecule has 2 aromatic rings. The number of carbonyl (C=O) groups excluding carboxylic acids is 2. The minimum absolute atomic E-state index is 0.0309. The van der Waals surface area contributed by atoms with Crippen LogP contribution in [0.4, 0.5) is 11.4 Å². The second-order valence-electron chi connectivity index (χ2n) is 5.78. The third-order valence-corrected chi connectivity index (χ3v) is 4.13. The van der Waals surface area contributed by atoms with Gasteiger partial charge in [0.25, 0.3) is 11.8 Å². The number of benzene rings is 2. The highest BCUT2D eigenvalue weighted by molar-refractivity contribution is 6.08. The molecule has 1 aliphatic rings. The van der Waals surface area contributed by atoms with E-state index >= 15 is 0 Å². The second-order valence-corrected chi connectivity index (χ2v) is 5.78. The van der Waals surface area contributed by atoms with Gasteiger partial charge in [0.1, 0.15) is 0 Å². The Labute approximate surface area is 146 Å². The standard InChI is InChI=1S/C20H20N2O3/c1-3-15(12-14-8-5-4-6-9-14)20(24)21-16-10-7-11-17-19(16)25-13-18(23)22(17)2/h4-12H,3,13H2,1-2H3,(H,21,24)/b15-12+. The van der Waals surface area contributed by atoms with Crippen LogP contribution in [0.5, 0.6) is 5.75 Å². The topological polar surface area (TPSA) is 58.6 Å². The summed E-state index contributed by atoms with van der Waals surface area (Å²) in [5.74, 6) is 0.227. The molecule has 5 nitrogen and oxygen atoms in total. The fraction of sp³-hybridized carbons (Fsp3) is 0.200. The lowest BCUT2D eigenvalue weighted by atomic mass is 10.1. The van der Waals surface area contributed by atoms with E-state index in [4.69, 9.17) is 4.74 Å². The van der Waals surface area contributed by atoms with Gasteiger partial charge in [-0.3, -0.25) is 9.59 Å². The van der Waals surface area contributed by atoms with Crippen LogP contribution in [0.1, 0.15) is 18.9 Å². The van der Waals surface area contributed by atoms with E-state index in [-0.39, 0.29) is 18.4 Å². The third kappa shape index (κ3) is 3.55. The van der Waals surface area contributed by atoms with Crippen LogP contribution in [0.3, 0.4) is 0 Å². The van der Waals surface area contributed by atoms with Crippen molar-refractivity contribution in [2.45, 2.75) is 13.3 Å². The predicted octanol–water partition coefficient (Wildman–Crippen LogP) is 3.47. The van der Waals surface area contributed by atoms with Crippen molar-refractivity contribution >= 4 is 29.3 Å². The molecule has 0 bridgehead atoms. The Hall–Kier alpha value is -3.08. The van der Waals surface area contributed by atoms with Crippen LogP contribution >= 0.6 is 0 Å². The highest BCUT2D eigenvalue weighted by Gasteiger charge is 2.25. The van der Waals surface area contributed by atoms with E-state index < -0.39 is 0 Å². The Morgan fingerprint density at radius 3 is 2.68 bits per heavy atom. The zero-order chi connectivity index (χ0) is 17.8. The maximum Gasteiger partial charge on any atom is 0.264 e. The molecule has 0 saturated carbocycles. The van der Waals surface area contributed by atoms with Gasteiger partial charge >= 0.3 is 0 Å². The van der Waals surface area contributed by atoms with Crippen LogP contribution in [0.15, 0.2) is 54.1 Å². The smallest absolute Gasteiger partial charge is 0.264 e. The maximum absolute atomic E-state index is 12.7. The van der Waals surface area contributed by atoms with Crippen molar-refractivity contribution in [3.8, 4) is 5.75 Å². The van der Waals surface area contributed by atoms with Crippen LogP contribution < -0.4 is 15.0 Å². The van der Waals surface area contributed by atoms with E-state index in [1.165, 1.54) is 4.90 Å². The first-order valence-corrected chi connectivity index (χ1v) is 8.19. The van der Waals surface area contributed by atoms with Gasteiger partial charge in [-0.05, 0) is 30.2 Å². The molecule has 0 aromatic heterocycles. The van der Waals surface area contributed by atoms with E-state index in [2.05, 4.69) is 5.32 Å². The Bertz CT molecular complexity index is 828. The van der Waals surface area contributed by atoms with Gasteiger partial charge in [0.05, 0.1) is 11.4 Å². The monoisotopic (exact) mass is 336 g/mol. The molecular weight excluding hydrogens is 316 g/mol. The predicted molar refractivity (Wildman–Crippen MR) is 98.7 cm³/mol. The van der Waals surface area contributed by atoms with Gasteiger partial charge in [-0.15, -0.1) is 0 Å². The summed E-state index contributed by atoms with van der Waals surface area (Å²) in [4.78, 5) is 26.0. The van der Waals surface area contributed by atoms with Crippen LogP contribution in [0.25, 0.3) is 6.08 Å². The Kier molecular flexibility index (Phi) is 4.84.